The summed E-state index contributed by atoms with van der Waals surface area (Å²) in [5.74, 6) is 0.873. The molecule has 2 rings (SSSR count). The number of halogens is 1. The predicted octanol–water partition coefficient (Wildman–Crippen LogP) is 4.11. The van der Waals surface area contributed by atoms with Gasteiger partial charge in [0.1, 0.15) is 11.9 Å². The van der Waals surface area contributed by atoms with Crippen molar-refractivity contribution in [3.05, 3.63) is 40.9 Å². The molecule has 0 amide bonds. The van der Waals surface area contributed by atoms with Gasteiger partial charge in [-0.15, -0.1) is 0 Å². The molecule has 0 saturated carbocycles. The summed E-state index contributed by atoms with van der Waals surface area (Å²) in [7, 11) is 0. The summed E-state index contributed by atoms with van der Waals surface area (Å²) < 4.78 is 6.98. The molecule has 3 heteroatoms. The Labute approximate surface area is 116 Å². The number of benzene rings is 2. The largest absolute Gasteiger partial charge is 0.488 e. The summed E-state index contributed by atoms with van der Waals surface area (Å²) in [6, 6.07) is 12.3. The van der Waals surface area contributed by atoms with Gasteiger partial charge in [0, 0.05) is 6.54 Å². The molecule has 0 spiro atoms. The first-order chi connectivity index (χ1) is 8.76. The zero-order chi connectivity index (χ0) is 13.0. The lowest BCUT2D eigenvalue weighted by Gasteiger charge is -2.18. The monoisotopic (exact) mass is 307 g/mol. The van der Waals surface area contributed by atoms with E-state index in [-0.39, 0.29) is 6.10 Å². The highest BCUT2D eigenvalue weighted by Crippen LogP contribution is 2.33. The maximum Gasteiger partial charge on any atom is 0.134 e. The molecule has 0 heterocycles. The molecule has 0 bridgehead atoms. The van der Waals surface area contributed by atoms with E-state index in [1.54, 1.807) is 0 Å². The fourth-order valence-electron chi connectivity index (χ4n) is 2.03. The summed E-state index contributed by atoms with van der Waals surface area (Å²) in [6.07, 6.45) is 2.15. The van der Waals surface area contributed by atoms with Crippen molar-refractivity contribution in [3.63, 3.8) is 0 Å². The van der Waals surface area contributed by atoms with Crippen molar-refractivity contribution in [3.8, 4) is 5.75 Å². The first-order valence-electron chi connectivity index (χ1n) is 6.30. The zero-order valence-electron chi connectivity index (χ0n) is 10.5. The number of ether oxygens (including phenoxy) is 1. The van der Waals surface area contributed by atoms with Crippen LogP contribution in [0.15, 0.2) is 40.9 Å². The highest BCUT2D eigenvalue weighted by Gasteiger charge is 2.11. The maximum atomic E-state index is 5.97. The number of fused-ring (bicyclic) bond motifs is 1. The summed E-state index contributed by atoms with van der Waals surface area (Å²) in [4.78, 5) is 0. The Kier molecular flexibility index (Phi) is 4.61. The normalized spacial score (nSPS) is 12.6. The molecule has 96 valence electrons. The quantitative estimate of drug-likeness (QED) is 0.902. The van der Waals surface area contributed by atoms with Gasteiger partial charge in [0.2, 0.25) is 0 Å². The minimum atomic E-state index is 0.0902. The van der Waals surface area contributed by atoms with E-state index >= 15 is 0 Å². The van der Waals surface area contributed by atoms with E-state index in [0.29, 0.717) is 6.54 Å². The maximum absolute atomic E-state index is 5.97. The number of hydrogen-bond donors (Lipinski definition) is 1. The molecule has 18 heavy (non-hydrogen) atoms. The lowest BCUT2D eigenvalue weighted by Crippen LogP contribution is -2.26. The molecule has 2 aromatic carbocycles. The van der Waals surface area contributed by atoms with Crippen molar-refractivity contribution in [2.24, 2.45) is 5.73 Å². The van der Waals surface area contributed by atoms with Crippen molar-refractivity contribution >= 4 is 26.7 Å². The van der Waals surface area contributed by atoms with Crippen LogP contribution in [0.2, 0.25) is 0 Å². The molecule has 2 aromatic rings. The Hall–Kier alpha value is -1.06. The van der Waals surface area contributed by atoms with Crippen molar-refractivity contribution in [1.82, 2.24) is 0 Å². The van der Waals surface area contributed by atoms with Crippen LogP contribution < -0.4 is 10.5 Å². The minimum absolute atomic E-state index is 0.0902. The minimum Gasteiger partial charge on any atom is -0.488 e. The molecule has 0 aliphatic carbocycles. The van der Waals surface area contributed by atoms with Crippen LogP contribution in [-0.2, 0) is 0 Å². The van der Waals surface area contributed by atoms with Crippen molar-refractivity contribution in [2.45, 2.75) is 25.9 Å². The second kappa shape index (κ2) is 6.21. The lowest BCUT2D eigenvalue weighted by molar-refractivity contribution is 0.197. The van der Waals surface area contributed by atoms with Gasteiger partial charge in [-0.25, -0.2) is 0 Å². The molecule has 2 nitrogen and oxygen atoms in total. The highest BCUT2D eigenvalue weighted by atomic mass is 79.9. The second-order valence-electron chi connectivity index (χ2n) is 4.36. The van der Waals surface area contributed by atoms with Gasteiger partial charge >= 0.3 is 0 Å². The van der Waals surface area contributed by atoms with Gasteiger partial charge in [0.25, 0.3) is 0 Å². The summed E-state index contributed by atoms with van der Waals surface area (Å²) >= 11 is 3.62. The van der Waals surface area contributed by atoms with E-state index in [1.165, 1.54) is 10.8 Å². The first kappa shape index (κ1) is 13.4. The molecule has 0 radical (unpaired) electrons. The number of hydrogen-bond acceptors (Lipinski definition) is 2. The zero-order valence-corrected chi connectivity index (χ0v) is 12.1. The Bertz CT molecular complexity index is 527. The number of nitrogens with two attached hydrogens (primary N) is 1. The molecular formula is C15H18BrNO. The van der Waals surface area contributed by atoms with Gasteiger partial charge < -0.3 is 10.5 Å². The van der Waals surface area contributed by atoms with Crippen LogP contribution in [0.5, 0.6) is 5.75 Å². The van der Waals surface area contributed by atoms with Crippen molar-refractivity contribution in [2.75, 3.05) is 6.54 Å². The molecule has 0 aromatic heterocycles. The third-order valence-corrected chi connectivity index (χ3v) is 3.81. The van der Waals surface area contributed by atoms with Crippen LogP contribution in [0.3, 0.4) is 0 Å². The Balaban J connectivity index is 2.31. The fraction of sp³-hybridized carbons (Fsp3) is 0.333. The standard InChI is InChI=1S/C15H18BrNO/c1-2-5-12(10-17)18-14-9-8-11-6-3-4-7-13(11)15(14)16/h3-4,6-9,12H,2,5,10,17H2,1H3. The average molecular weight is 308 g/mol. The molecular weight excluding hydrogens is 290 g/mol. The Morgan fingerprint density at radius 3 is 2.72 bits per heavy atom. The van der Waals surface area contributed by atoms with E-state index in [4.69, 9.17) is 10.5 Å². The third-order valence-electron chi connectivity index (χ3n) is 3.00. The van der Waals surface area contributed by atoms with Crippen LogP contribution in [0.4, 0.5) is 0 Å². The lowest BCUT2D eigenvalue weighted by atomic mass is 10.1. The van der Waals surface area contributed by atoms with Crippen LogP contribution in [0, 0.1) is 0 Å². The smallest absolute Gasteiger partial charge is 0.134 e. The highest BCUT2D eigenvalue weighted by molar-refractivity contribution is 9.10. The summed E-state index contributed by atoms with van der Waals surface area (Å²) in [5, 5.41) is 2.37. The molecule has 2 N–H and O–H groups in total. The molecule has 0 aliphatic rings. The van der Waals surface area contributed by atoms with E-state index in [9.17, 15) is 0 Å². The average Bonchev–Trinajstić information content (AvgIpc) is 2.41. The van der Waals surface area contributed by atoms with Crippen molar-refractivity contribution in [1.29, 1.82) is 0 Å². The molecule has 1 atom stereocenters. The predicted molar refractivity (Wildman–Crippen MR) is 80.0 cm³/mol. The first-order valence-corrected chi connectivity index (χ1v) is 7.09. The van der Waals surface area contributed by atoms with E-state index in [0.717, 1.165) is 23.1 Å². The SMILES string of the molecule is CCCC(CN)Oc1ccc2ccccc2c1Br. The van der Waals surface area contributed by atoms with Gasteiger partial charge in [-0.3, -0.25) is 0 Å². The van der Waals surface area contributed by atoms with Crippen molar-refractivity contribution < 1.29 is 4.74 Å². The topological polar surface area (TPSA) is 35.2 Å². The van der Waals surface area contributed by atoms with E-state index in [1.807, 2.05) is 18.2 Å². The Morgan fingerprint density at radius 2 is 2.00 bits per heavy atom. The molecule has 1 unspecified atom stereocenters. The summed E-state index contributed by atoms with van der Waals surface area (Å²) in [6.45, 7) is 2.69. The van der Waals surface area contributed by atoms with Gasteiger partial charge in [-0.1, -0.05) is 43.7 Å². The summed E-state index contributed by atoms with van der Waals surface area (Å²) in [5.41, 5.74) is 5.73. The van der Waals surface area contributed by atoms with E-state index in [2.05, 4.69) is 41.1 Å². The van der Waals surface area contributed by atoms with Crippen LogP contribution in [0.25, 0.3) is 10.8 Å². The van der Waals surface area contributed by atoms with E-state index < -0.39 is 0 Å². The number of rotatable bonds is 5. The molecule has 0 saturated heterocycles. The van der Waals surface area contributed by atoms with Gasteiger partial charge in [-0.05, 0) is 39.2 Å². The third kappa shape index (κ3) is 2.85. The van der Waals surface area contributed by atoms with Crippen LogP contribution in [-0.4, -0.2) is 12.6 Å². The van der Waals surface area contributed by atoms with Crippen LogP contribution >= 0.6 is 15.9 Å². The van der Waals surface area contributed by atoms with Gasteiger partial charge in [0.05, 0.1) is 4.47 Å². The van der Waals surface area contributed by atoms with Gasteiger partial charge in [0.15, 0.2) is 0 Å². The van der Waals surface area contributed by atoms with Crippen LogP contribution in [0.1, 0.15) is 19.8 Å². The molecule has 0 aliphatic heterocycles. The van der Waals surface area contributed by atoms with Gasteiger partial charge in [-0.2, -0.15) is 0 Å². The Morgan fingerprint density at radius 1 is 1.22 bits per heavy atom. The second-order valence-corrected chi connectivity index (χ2v) is 5.16. The fourth-order valence-corrected chi connectivity index (χ4v) is 2.62. The molecule has 0 fully saturated rings.